The number of aromatic nitrogens is 1. The highest BCUT2D eigenvalue weighted by Crippen LogP contribution is 2.38. The molecule has 1 amide bonds. The molecule has 3 N–H and O–H groups in total. The Labute approximate surface area is 120 Å². The first-order chi connectivity index (χ1) is 9.64. The number of hydrazine groups is 1. The van der Waals surface area contributed by atoms with Crippen LogP contribution in [0.2, 0.25) is 0 Å². The summed E-state index contributed by atoms with van der Waals surface area (Å²) in [7, 11) is 0. The molecule has 0 aromatic carbocycles. The van der Waals surface area contributed by atoms with Crippen molar-refractivity contribution in [2.24, 2.45) is 11.3 Å². The van der Waals surface area contributed by atoms with E-state index < -0.39 is 0 Å². The maximum absolute atomic E-state index is 12.5. The molecule has 1 aromatic rings. The molecule has 5 nitrogen and oxygen atoms in total. The van der Waals surface area contributed by atoms with Gasteiger partial charge < -0.3 is 10.3 Å². The molecule has 0 saturated carbocycles. The van der Waals surface area contributed by atoms with E-state index in [9.17, 15) is 4.79 Å². The molecular formula is C15H24N4O. The zero-order valence-corrected chi connectivity index (χ0v) is 12.4. The van der Waals surface area contributed by atoms with Crippen LogP contribution in [0.3, 0.4) is 0 Å². The average molecular weight is 276 g/mol. The van der Waals surface area contributed by atoms with Gasteiger partial charge in [-0.3, -0.25) is 4.79 Å². The number of anilines is 1. The maximum Gasteiger partial charge on any atom is 0.254 e. The Morgan fingerprint density at radius 3 is 2.60 bits per heavy atom. The molecule has 0 spiro atoms. The van der Waals surface area contributed by atoms with Crippen LogP contribution in [0.5, 0.6) is 0 Å². The number of likely N-dealkylation sites (tertiary alicyclic amines) is 1. The van der Waals surface area contributed by atoms with E-state index in [0.717, 1.165) is 25.9 Å². The lowest BCUT2D eigenvalue weighted by Gasteiger charge is -2.41. The summed E-state index contributed by atoms with van der Waals surface area (Å²) in [6.45, 7) is 6.19. The number of hydrogen-bond acceptors (Lipinski definition) is 4. The molecule has 2 heterocycles. The van der Waals surface area contributed by atoms with Gasteiger partial charge in [-0.05, 0) is 30.4 Å². The Hall–Kier alpha value is -1.62. The molecule has 5 heteroatoms. The molecule has 1 aliphatic rings. The third kappa shape index (κ3) is 2.93. The zero-order chi connectivity index (χ0) is 14.6. The molecule has 0 atom stereocenters. The van der Waals surface area contributed by atoms with Gasteiger partial charge in [0, 0.05) is 24.8 Å². The normalized spacial score (nSPS) is 17.9. The van der Waals surface area contributed by atoms with Gasteiger partial charge >= 0.3 is 0 Å². The van der Waals surface area contributed by atoms with E-state index in [1.807, 2.05) is 4.90 Å². The molecule has 110 valence electrons. The van der Waals surface area contributed by atoms with Gasteiger partial charge in [0.2, 0.25) is 0 Å². The lowest BCUT2D eigenvalue weighted by Crippen LogP contribution is -2.42. The molecular weight excluding hydrogens is 252 g/mol. The van der Waals surface area contributed by atoms with Gasteiger partial charge in [-0.1, -0.05) is 26.7 Å². The highest BCUT2D eigenvalue weighted by molar-refractivity contribution is 5.94. The first-order valence-corrected chi connectivity index (χ1v) is 7.36. The Bertz CT molecular complexity index is 461. The van der Waals surface area contributed by atoms with Crippen molar-refractivity contribution in [3.63, 3.8) is 0 Å². The fourth-order valence-corrected chi connectivity index (χ4v) is 2.97. The number of piperidine rings is 1. The zero-order valence-electron chi connectivity index (χ0n) is 12.4. The molecule has 1 aromatic heterocycles. The number of carbonyl (C=O) groups excluding carboxylic acids is 1. The van der Waals surface area contributed by atoms with Crippen LogP contribution in [-0.2, 0) is 0 Å². The number of nitrogens with one attached hydrogen (secondary N) is 1. The maximum atomic E-state index is 12.5. The lowest BCUT2D eigenvalue weighted by molar-refractivity contribution is 0.0557. The summed E-state index contributed by atoms with van der Waals surface area (Å²) in [5, 5.41) is 0. The van der Waals surface area contributed by atoms with Crippen LogP contribution in [0.25, 0.3) is 0 Å². The van der Waals surface area contributed by atoms with E-state index in [1.54, 1.807) is 18.3 Å². The first kappa shape index (κ1) is 14.8. The summed E-state index contributed by atoms with van der Waals surface area (Å²) in [5.41, 5.74) is 3.55. The molecule has 0 unspecified atom stereocenters. The number of rotatable bonds is 4. The SMILES string of the molecule is CCC1(CC)CCN(C(=O)c2ccnc(NN)c2)CC1. The van der Waals surface area contributed by atoms with Gasteiger partial charge in [0.15, 0.2) is 0 Å². The predicted molar refractivity (Wildman–Crippen MR) is 80.2 cm³/mol. The molecule has 2 rings (SSSR count). The molecule has 1 aliphatic heterocycles. The van der Waals surface area contributed by atoms with Gasteiger partial charge in [0.1, 0.15) is 5.82 Å². The molecule has 1 fully saturated rings. The van der Waals surface area contributed by atoms with E-state index in [-0.39, 0.29) is 5.91 Å². The van der Waals surface area contributed by atoms with Crippen molar-refractivity contribution in [2.45, 2.75) is 39.5 Å². The summed E-state index contributed by atoms with van der Waals surface area (Å²) in [6, 6.07) is 3.44. The Morgan fingerprint density at radius 1 is 1.40 bits per heavy atom. The molecule has 0 aliphatic carbocycles. The minimum atomic E-state index is 0.0738. The lowest BCUT2D eigenvalue weighted by atomic mass is 9.74. The van der Waals surface area contributed by atoms with E-state index >= 15 is 0 Å². The second kappa shape index (κ2) is 6.22. The highest BCUT2D eigenvalue weighted by Gasteiger charge is 2.33. The van der Waals surface area contributed by atoms with Crippen molar-refractivity contribution < 1.29 is 4.79 Å². The standard InChI is InChI=1S/C15H24N4O/c1-3-15(4-2)6-9-19(10-7-15)14(20)12-5-8-17-13(11-12)18-16/h5,8,11H,3-4,6-7,9-10,16H2,1-2H3,(H,17,18). The minimum Gasteiger partial charge on any atom is -0.339 e. The number of nitrogens with zero attached hydrogens (tertiary/aromatic N) is 2. The summed E-state index contributed by atoms with van der Waals surface area (Å²) < 4.78 is 0. The van der Waals surface area contributed by atoms with E-state index in [2.05, 4.69) is 24.3 Å². The largest absolute Gasteiger partial charge is 0.339 e. The van der Waals surface area contributed by atoms with Crippen molar-refractivity contribution in [3.8, 4) is 0 Å². The third-order valence-corrected chi connectivity index (χ3v) is 4.77. The Morgan fingerprint density at radius 2 is 2.05 bits per heavy atom. The van der Waals surface area contributed by atoms with Crippen LogP contribution in [0.15, 0.2) is 18.3 Å². The number of hydrogen-bond donors (Lipinski definition) is 2. The highest BCUT2D eigenvalue weighted by atomic mass is 16.2. The monoisotopic (exact) mass is 276 g/mol. The van der Waals surface area contributed by atoms with Crippen LogP contribution in [0, 0.1) is 5.41 Å². The van der Waals surface area contributed by atoms with Crippen LogP contribution in [0.1, 0.15) is 49.9 Å². The van der Waals surface area contributed by atoms with Crippen molar-refractivity contribution >= 4 is 11.7 Å². The fourth-order valence-electron chi connectivity index (χ4n) is 2.97. The Balaban J connectivity index is 2.04. The van der Waals surface area contributed by atoms with Gasteiger partial charge in [-0.25, -0.2) is 10.8 Å². The molecule has 0 radical (unpaired) electrons. The van der Waals surface area contributed by atoms with Crippen LogP contribution >= 0.6 is 0 Å². The minimum absolute atomic E-state index is 0.0738. The van der Waals surface area contributed by atoms with E-state index in [4.69, 9.17) is 5.84 Å². The summed E-state index contributed by atoms with van der Waals surface area (Å²) in [4.78, 5) is 18.5. The van der Waals surface area contributed by atoms with E-state index in [1.165, 1.54) is 12.8 Å². The third-order valence-electron chi connectivity index (χ3n) is 4.77. The van der Waals surface area contributed by atoms with E-state index in [0.29, 0.717) is 16.8 Å². The quantitative estimate of drug-likeness (QED) is 0.654. The molecule has 20 heavy (non-hydrogen) atoms. The second-order valence-electron chi connectivity index (χ2n) is 5.57. The van der Waals surface area contributed by atoms with Gasteiger partial charge in [0.05, 0.1) is 0 Å². The molecule has 0 bridgehead atoms. The summed E-state index contributed by atoms with van der Waals surface area (Å²) in [6.07, 6.45) is 6.19. The van der Waals surface area contributed by atoms with Crippen molar-refractivity contribution in [3.05, 3.63) is 23.9 Å². The number of nitrogen functional groups attached to an aromatic ring is 1. The first-order valence-electron chi connectivity index (χ1n) is 7.36. The second-order valence-corrected chi connectivity index (χ2v) is 5.57. The summed E-state index contributed by atoms with van der Waals surface area (Å²) in [5.74, 6) is 5.92. The van der Waals surface area contributed by atoms with Gasteiger partial charge in [-0.2, -0.15) is 0 Å². The number of nitrogens with two attached hydrogens (primary N) is 1. The van der Waals surface area contributed by atoms with Crippen molar-refractivity contribution in [1.82, 2.24) is 9.88 Å². The number of amides is 1. The van der Waals surface area contributed by atoms with Crippen molar-refractivity contribution in [1.29, 1.82) is 0 Å². The van der Waals surface area contributed by atoms with Gasteiger partial charge in [-0.15, -0.1) is 0 Å². The van der Waals surface area contributed by atoms with Crippen LogP contribution < -0.4 is 11.3 Å². The Kier molecular flexibility index (Phi) is 4.60. The van der Waals surface area contributed by atoms with Gasteiger partial charge in [0.25, 0.3) is 5.91 Å². The van der Waals surface area contributed by atoms with Crippen LogP contribution in [0.4, 0.5) is 5.82 Å². The van der Waals surface area contributed by atoms with Crippen molar-refractivity contribution in [2.75, 3.05) is 18.5 Å². The number of carbonyl (C=O) groups is 1. The fraction of sp³-hybridized carbons (Fsp3) is 0.600. The predicted octanol–water partition coefficient (Wildman–Crippen LogP) is 2.41. The smallest absolute Gasteiger partial charge is 0.254 e. The average Bonchev–Trinajstić information content (AvgIpc) is 2.54. The van der Waals surface area contributed by atoms with Crippen LogP contribution in [-0.4, -0.2) is 28.9 Å². The number of pyridine rings is 1. The topological polar surface area (TPSA) is 71.2 Å². The summed E-state index contributed by atoms with van der Waals surface area (Å²) >= 11 is 0. The molecule has 1 saturated heterocycles.